The van der Waals surface area contributed by atoms with Crippen molar-refractivity contribution in [2.24, 2.45) is 0 Å². The summed E-state index contributed by atoms with van der Waals surface area (Å²) < 4.78 is 0.603. The molecule has 1 amide bonds. The van der Waals surface area contributed by atoms with Crippen LogP contribution in [0.25, 0.3) is 0 Å². The molecule has 0 fully saturated rings. The molecule has 0 spiro atoms. The third kappa shape index (κ3) is 4.89. The normalized spacial score (nSPS) is 11.2. The van der Waals surface area contributed by atoms with E-state index in [4.69, 9.17) is 10.4 Å². The Morgan fingerprint density at radius 2 is 2.19 bits per heavy atom. The lowest BCUT2D eigenvalue weighted by atomic mass is 10.1. The van der Waals surface area contributed by atoms with Crippen molar-refractivity contribution in [3.8, 4) is 6.07 Å². The molecule has 2 N–H and O–H groups in total. The van der Waals surface area contributed by atoms with Gasteiger partial charge in [0.25, 0.3) is 5.91 Å². The second-order valence-electron chi connectivity index (χ2n) is 3.97. The van der Waals surface area contributed by atoms with Crippen LogP contribution in [0.5, 0.6) is 0 Å². The van der Waals surface area contributed by atoms with Crippen molar-refractivity contribution >= 4 is 33.5 Å². The van der Waals surface area contributed by atoms with E-state index in [0.29, 0.717) is 10.0 Å². The number of anilines is 1. The second kappa shape index (κ2) is 8.02. The summed E-state index contributed by atoms with van der Waals surface area (Å²) in [5, 5.41) is 20.3. The number of carbonyl (C=O) groups excluding carboxylic acids is 1. The monoisotopic (exact) mass is 348 g/mol. The molecule has 1 aromatic rings. The first-order valence-electron chi connectivity index (χ1n) is 6.03. The summed E-state index contributed by atoms with van der Waals surface area (Å²) in [6, 6.07) is 6.47. The SMILES string of the molecule is C/C=C\C(=C/CC#N)C(=O)Nc1ccc(Br)cc1C(=O)O. The third-order valence-corrected chi connectivity index (χ3v) is 2.98. The van der Waals surface area contributed by atoms with Crippen molar-refractivity contribution in [3.63, 3.8) is 0 Å². The van der Waals surface area contributed by atoms with Crippen LogP contribution in [0.1, 0.15) is 23.7 Å². The maximum atomic E-state index is 12.1. The Hall–Kier alpha value is -2.39. The number of amides is 1. The predicted octanol–water partition coefficient (Wildman–Crippen LogP) is 3.50. The number of halogens is 1. The fourth-order valence-electron chi connectivity index (χ4n) is 1.57. The lowest BCUT2D eigenvalue weighted by Crippen LogP contribution is -2.16. The first-order valence-corrected chi connectivity index (χ1v) is 6.83. The second-order valence-corrected chi connectivity index (χ2v) is 4.89. The van der Waals surface area contributed by atoms with E-state index in [1.54, 1.807) is 25.1 Å². The molecule has 0 aliphatic carbocycles. The van der Waals surface area contributed by atoms with E-state index in [9.17, 15) is 9.59 Å². The van der Waals surface area contributed by atoms with E-state index < -0.39 is 11.9 Å². The van der Waals surface area contributed by atoms with Crippen LogP contribution in [0.4, 0.5) is 5.69 Å². The molecule has 21 heavy (non-hydrogen) atoms. The number of nitrogens with zero attached hydrogens (tertiary/aromatic N) is 1. The lowest BCUT2D eigenvalue weighted by molar-refractivity contribution is -0.112. The third-order valence-electron chi connectivity index (χ3n) is 2.48. The van der Waals surface area contributed by atoms with Crippen molar-refractivity contribution < 1.29 is 14.7 Å². The van der Waals surface area contributed by atoms with Gasteiger partial charge < -0.3 is 10.4 Å². The molecule has 0 aliphatic heterocycles. The molecule has 0 saturated carbocycles. The zero-order chi connectivity index (χ0) is 15.8. The summed E-state index contributed by atoms with van der Waals surface area (Å²) in [7, 11) is 0. The molecule has 0 atom stereocenters. The molecule has 0 heterocycles. The first kappa shape index (κ1) is 16.7. The number of nitriles is 1. The van der Waals surface area contributed by atoms with Gasteiger partial charge in [0, 0.05) is 10.0 Å². The Labute approximate surface area is 130 Å². The number of carboxylic acids is 1. The van der Waals surface area contributed by atoms with Crippen LogP contribution in [0, 0.1) is 11.3 Å². The van der Waals surface area contributed by atoms with Crippen LogP contribution >= 0.6 is 15.9 Å². The van der Waals surface area contributed by atoms with E-state index in [-0.39, 0.29) is 17.7 Å². The van der Waals surface area contributed by atoms with E-state index in [0.717, 1.165) is 0 Å². The Morgan fingerprint density at radius 1 is 1.48 bits per heavy atom. The van der Waals surface area contributed by atoms with E-state index in [1.165, 1.54) is 18.2 Å². The molecule has 0 aliphatic rings. The zero-order valence-corrected chi connectivity index (χ0v) is 12.8. The average Bonchev–Trinajstić information content (AvgIpc) is 2.45. The fraction of sp³-hybridized carbons (Fsp3) is 0.133. The van der Waals surface area contributed by atoms with Gasteiger partial charge >= 0.3 is 5.97 Å². The van der Waals surface area contributed by atoms with E-state index in [2.05, 4.69) is 21.2 Å². The molecule has 0 unspecified atom stereocenters. The number of benzene rings is 1. The van der Waals surface area contributed by atoms with Crippen LogP contribution in [0.3, 0.4) is 0 Å². The molecular formula is C15H13BrN2O3. The smallest absolute Gasteiger partial charge is 0.337 e. The maximum absolute atomic E-state index is 12.1. The first-order chi connectivity index (χ1) is 9.99. The van der Waals surface area contributed by atoms with Gasteiger partial charge in [-0.2, -0.15) is 5.26 Å². The zero-order valence-electron chi connectivity index (χ0n) is 11.3. The lowest BCUT2D eigenvalue weighted by Gasteiger charge is -2.09. The molecule has 0 aromatic heterocycles. The van der Waals surface area contributed by atoms with Gasteiger partial charge in [-0.05, 0) is 25.1 Å². The number of hydrogen-bond acceptors (Lipinski definition) is 3. The van der Waals surface area contributed by atoms with Crippen LogP contribution < -0.4 is 5.32 Å². The summed E-state index contributed by atoms with van der Waals surface area (Å²) in [5.41, 5.74) is 0.485. The van der Waals surface area contributed by atoms with Gasteiger partial charge in [0.15, 0.2) is 0 Å². The molecule has 1 rings (SSSR count). The highest BCUT2D eigenvalue weighted by molar-refractivity contribution is 9.10. The van der Waals surface area contributed by atoms with Crippen molar-refractivity contribution in [2.75, 3.05) is 5.32 Å². The quantitative estimate of drug-likeness (QED) is 0.629. The van der Waals surface area contributed by atoms with Crippen LogP contribution in [0.2, 0.25) is 0 Å². The summed E-state index contributed by atoms with van der Waals surface area (Å²) in [6.45, 7) is 1.75. The van der Waals surface area contributed by atoms with E-state index in [1.807, 2.05) is 6.07 Å². The fourth-order valence-corrected chi connectivity index (χ4v) is 1.93. The molecule has 0 bridgehead atoms. The van der Waals surface area contributed by atoms with Crippen molar-refractivity contribution in [3.05, 3.63) is 52.0 Å². The van der Waals surface area contributed by atoms with Crippen LogP contribution in [-0.2, 0) is 4.79 Å². The molecule has 0 radical (unpaired) electrons. The van der Waals surface area contributed by atoms with Gasteiger partial charge in [-0.15, -0.1) is 0 Å². The van der Waals surface area contributed by atoms with Crippen LogP contribution in [0.15, 0.2) is 46.5 Å². The Morgan fingerprint density at radius 3 is 2.76 bits per heavy atom. The summed E-state index contributed by atoms with van der Waals surface area (Å²) >= 11 is 3.18. The minimum atomic E-state index is -1.14. The highest BCUT2D eigenvalue weighted by atomic mass is 79.9. The standard InChI is InChI=1S/C15H13BrN2O3/c1-2-4-10(5-3-8-17)14(19)18-13-7-6-11(16)9-12(13)15(20)21/h2,4-7,9H,3H2,1H3,(H,18,19)(H,20,21)/b4-2-,10-5+. The average molecular weight is 349 g/mol. The van der Waals surface area contributed by atoms with Gasteiger partial charge in [0.1, 0.15) is 0 Å². The van der Waals surface area contributed by atoms with Gasteiger partial charge in [-0.25, -0.2) is 4.79 Å². The van der Waals surface area contributed by atoms with Gasteiger partial charge in [0.05, 0.1) is 23.7 Å². The van der Waals surface area contributed by atoms with E-state index >= 15 is 0 Å². The Bertz CT molecular complexity index is 657. The minimum Gasteiger partial charge on any atom is -0.478 e. The molecule has 6 heteroatoms. The Balaban J connectivity index is 3.07. The summed E-state index contributed by atoms with van der Waals surface area (Å²) in [5.74, 6) is -1.60. The summed E-state index contributed by atoms with van der Waals surface area (Å²) in [6.07, 6.45) is 4.81. The summed E-state index contributed by atoms with van der Waals surface area (Å²) in [4.78, 5) is 23.3. The number of rotatable bonds is 5. The number of allylic oxidation sites excluding steroid dienone is 2. The topological polar surface area (TPSA) is 90.2 Å². The van der Waals surface area contributed by atoms with Crippen molar-refractivity contribution in [1.82, 2.24) is 0 Å². The molecule has 108 valence electrons. The van der Waals surface area contributed by atoms with Gasteiger partial charge in [-0.1, -0.05) is 34.2 Å². The molecule has 5 nitrogen and oxygen atoms in total. The number of nitrogens with one attached hydrogen (secondary N) is 1. The Kier molecular flexibility index (Phi) is 6.37. The molecule has 0 saturated heterocycles. The van der Waals surface area contributed by atoms with Crippen LogP contribution in [-0.4, -0.2) is 17.0 Å². The highest BCUT2D eigenvalue weighted by Crippen LogP contribution is 2.22. The van der Waals surface area contributed by atoms with Gasteiger partial charge in [-0.3, -0.25) is 4.79 Å². The number of hydrogen-bond donors (Lipinski definition) is 2. The highest BCUT2D eigenvalue weighted by Gasteiger charge is 2.14. The molecular weight excluding hydrogens is 336 g/mol. The van der Waals surface area contributed by atoms with Gasteiger partial charge in [0.2, 0.25) is 0 Å². The predicted molar refractivity (Wildman–Crippen MR) is 82.9 cm³/mol. The number of aromatic carboxylic acids is 1. The minimum absolute atomic E-state index is 0.0159. The van der Waals surface area contributed by atoms with Crippen molar-refractivity contribution in [2.45, 2.75) is 13.3 Å². The largest absolute Gasteiger partial charge is 0.478 e. The molecule has 1 aromatic carbocycles. The number of carboxylic acid groups (broad SMARTS) is 1. The number of carbonyl (C=O) groups is 2. The van der Waals surface area contributed by atoms with Crippen molar-refractivity contribution in [1.29, 1.82) is 5.26 Å². The maximum Gasteiger partial charge on any atom is 0.337 e.